The molecule has 3 heterocycles. The van der Waals surface area contributed by atoms with E-state index in [4.69, 9.17) is 9.47 Å². The van der Waals surface area contributed by atoms with Crippen LogP contribution in [0.1, 0.15) is 27.8 Å². The van der Waals surface area contributed by atoms with Gasteiger partial charge in [-0.3, -0.25) is 14.9 Å². The molecule has 0 radical (unpaired) electrons. The molecule has 2 aromatic heterocycles. The molecule has 3 aromatic rings. The van der Waals surface area contributed by atoms with Gasteiger partial charge in [-0.05, 0) is 12.1 Å². The van der Waals surface area contributed by atoms with Crippen molar-refractivity contribution in [3.63, 3.8) is 0 Å². The van der Waals surface area contributed by atoms with Gasteiger partial charge in [-0.1, -0.05) is 36.4 Å². The maximum Gasteiger partial charge on any atom is 0.273 e. The Hall–Kier alpha value is -3.03. The van der Waals surface area contributed by atoms with Gasteiger partial charge in [-0.2, -0.15) is 5.10 Å². The average Bonchev–Trinajstić information content (AvgIpc) is 3.26. The molecule has 4 rings (SSSR count). The second kappa shape index (κ2) is 7.30. The number of aromatic nitrogens is 3. The molecule has 1 N–H and O–H groups in total. The highest BCUT2D eigenvalue weighted by molar-refractivity contribution is 6.00. The zero-order valence-corrected chi connectivity index (χ0v) is 15.1. The molecule has 0 bridgehead atoms. The number of benzene rings is 1. The summed E-state index contributed by atoms with van der Waals surface area (Å²) < 4.78 is 10.6. The van der Waals surface area contributed by atoms with Crippen molar-refractivity contribution in [1.29, 1.82) is 0 Å². The number of carbonyl (C=O) groups is 1. The average molecular weight is 364 g/mol. The zero-order valence-electron chi connectivity index (χ0n) is 15.1. The molecule has 0 aliphatic carbocycles. The highest BCUT2D eigenvalue weighted by Crippen LogP contribution is 2.42. The highest BCUT2D eigenvalue weighted by Gasteiger charge is 2.43. The summed E-state index contributed by atoms with van der Waals surface area (Å²) >= 11 is 0. The van der Waals surface area contributed by atoms with Crippen molar-refractivity contribution in [2.24, 2.45) is 0 Å². The smallest absolute Gasteiger partial charge is 0.273 e. The number of H-pyrrole nitrogens is 1. The molecule has 1 unspecified atom stereocenters. The van der Waals surface area contributed by atoms with Crippen LogP contribution in [0.2, 0.25) is 0 Å². The number of carbonyl (C=O) groups excluding carboxylic acids is 1. The SMILES string of the molecule is COC(CN1C(=O)c2[nH]nc(-c3ccccc3)c2C1c1ccccn1)OC. The minimum atomic E-state index is -0.530. The van der Waals surface area contributed by atoms with Crippen molar-refractivity contribution in [1.82, 2.24) is 20.1 Å². The van der Waals surface area contributed by atoms with E-state index < -0.39 is 6.29 Å². The van der Waals surface area contributed by atoms with Crippen LogP contribution in [0, 0.1) is 0 Å². The summed E-state index contributed by atoms with van der Waals surface area (Å²) in [6.07, 6.45) is 1.19. The lowest BCUT2D eigenvalue weighted by Gasteiger charge is -2.28. The Kier molecular flexibility index (Phi) is 4.70. The van der Waals surface area contributed by atoms with Gasteiger partial charge in [0.2, 0.25) is 0 Å². The van der Waals surface area contributed by atoms with E-state index in [1.165, 1.54) is 0 Å². The number of ether oxygens (including phenoxy) is 2. The quantitative estimate of drug-likeness (QED) is 0.680. The Morgan fingerprint density at radius 3 is 2.52 bits per heavy atom. The van der Waals surface area contributed by atoms with Crippen LogP contribution in [0.3, 0.4) is 0 Å². The van der Waals surface area contributed by atoms with Crippen molar-refractivity contribution < 1.29 is 14.3 Å². The van der Waals surface area contributed by atoms with Crippen LogP contribution >= 0.6 is 0 Å². The third kappa shape index (κ3) is 3.01. The van der Waals surface area contributed by atoms with E-state index >= 15 is 0 Å². The van der Waals surface area contributed by atoms with Crippen LogP contribution in [0.5, 0.6) is 0 Å². The highest BCUT2D eigenvalue weighted by atomic mass is 16.7. The van der Waals surface area contributed by atoms with Crippen LogP contribution in [0.25, 0.3) is 11.3 Å². The normalized spacial score (nSPS) is 16.2. The number of hydrogen-bond donors (Lipinski definition) is 1. The van der Waals surface area contributed by atoms with E-state index in [1.54, 1.807) is 25.3 Å². The van der Waals surface area contributed by atoms with Gasteiger partial charge >= 0.3 is 0 Å². The van der Waals surface area contributed by atoms with Gasteiger partial charge in [0.15, 0.2) is 6.29 Å². The van der Waals surface area contributed by atoms with Crippen LogP contribution < -0.4 is 0 Å². The number of rotatable bonds is 6. The molecular weight excluding hydrogens is 344 g/mol. The molecule has 7 nitrogen and oxygen atoms in total. The number of nitrogens with zero attached hydrogens (tertiary/aromatic N) is 3. The maximum atomic E-state index is 13.1. The second-order valence-corrected chi connectivity index (χ2v) is 6.24. The van der Waals surface area contributed by atoms with Gasteiger partial charge in [0, 0.05) is 31.5 Å². The number of fused-ring (bicyclic) bond motifs is 1. The molecule has 1 aromatic carbocycles. The van der Waals surface area contributed by atoms with Gasteiger partial charge in [0.1, 0.15) is 11.7 Å². The Morgan fingerprint density at radius 1 is 1.11 bits per heavy atom. The molecule has 138 valence electrons. The fraction of sp³-hybridized carbons (Fsp3) is 0.250. The molecule has 1 aliphatic heterocycles. The topological polar surface area (TPSA) is 80.3 Å². The van der Waals surface area contributed by atoms with Gasteiger partial charge in [-0.15, -0.1) is 0 Å². The number of nitrogens with one attached hydrogen (secondary N) is 1. The van der Waals surface area contributed by atoms with Crippen molar-refractivity contribution in [2.75, 3.05) is 20.8 Å². The summed E-state index contributed by atoms with van der Waals surface area (Å²) in [6.45, 7) is 0.282. The standard InChI is InChI=1S/C20H20N4O3/c1-26-15(27-2)12-24-19(14-10-6-7-11-21-14)16-17(13-8-4-3-5-9-13)22-23-18(16)20(24)25/h3-11,15,19H,12H2,1-2H3,(H,22,23). The summed E-state index contributed by atoms with van der Waals surface area (Å²) in [7, 11) is 3.11. The summed E-state index contributed by atoms with van der Waals surface area (Å²) in [5.41, 5.74) is 3.78. The van der Waals surface area contributed by atoms with E-state index in [1.807, 2.05) is 48.5 Å². The number of aromatic amines is 1. The Bertz CT molecular complexity index is 923. The van der Waals surface area contributed by atoms with E-state index in [0.717, 1.165) is 22.5 Å². The summed E-state index contributed by atoms with van der Waals surface area (Å²) in [5.74, 6) is -0.144. The minimum Gasteiger partial charge on any atom is -0.354 e. The first-order valence-corrected chi connectivity index (χ1v) is 8.65. The van der Waals surface area contributed by atoms with Crippen molar-refractivity contribution in [3.8, 4) is 11.3 Å². The monoisotopic (exact) mass is 364 g/mol. The number of amides is 1. The summed E-state index contributed by atoms with van der Waals surface area (Å²) in [6, 6.07) is 15.1. The lowest BCUT2D eigenvalue weighted by atomic mass is 9.99. The number of pyridine rings is 1. The lowest BCUT2D eigenvalue weighted by molar-refractivity contribution is -0.113. The first kappa shape index (κ1) is 17.4. The molecule has 0 spiro atoms. The van der Waals surface area contributed by atoms with E-state index in [2.05, 4.69) is 15.2 Å². The fourth-order valence-corrected chi connectivity index (χ4v) is 3.45. The van der Waals surface area contributed by atoms with Crippen molar-refractivity contribution >= 4 is 5.91 Å². The summed E-state index contributed by atoms with van der Waals surface area (Å²) in [5, 5.41) is 7.35. The fourth-order valence-electron chi connectivity index (χ4n) is 3.45. The minimum absolute atomic E-state index is 0.144. The third-order valence-corrected chi connectivity index (χ3v) is 4.75. The molecule has 27 heavy (non-hydrogen) atoms. The largest absolute Gasteiger partial charge is 0.354 e. The first-order valence-electron chi connectivity index (χ1n) is 8.65. The zero-order chi connectivity index (χ0) is 18.8. The molecule has 1 atom stereocenters. The molecular formula is C20H20N4O3. The summed E-state index contributed by atoms with van der Waals surface area (Å²) in [4.78, 5) is 19.3. The second-order valence-electron chi connectivity index (χ2n) is 6.24. The van der Waals surface area contributed by atoms with Gasteiger partial charge < -0.3 is 14.4 Å². The third-order valence-electron chi connectivity index (χ3n) is 4.75. The molecule has 7 heteroatoms. The van der Waals surface area contributed by atoms with Gasteiger partial charge in [0.25, 0.3) is 5.91 Å². The van der Waals surface area contributed by atoms with E-state index in [0.29, 0.717) is 5.69 Å². The Morgan fingerprint density at radius 2 is 1.85 bits per heavy atom. The van der Waals surface area contributed by atoms with Crippen LogP contribution in [-0.2, 0) is 9.47 Å². The number of hydrogen-bond acceptors (Lipinski definition) is 5. The van der Waals surface area contributed by atoms with Gasteiger partial charge in [0.05, 0.1) is 17.9 Å². The maximum absolute atomic E-state index is 13.1. The Labute approximate surface area is 156 Å². The van der Waals surface area contributed by atoms with Crippen LogP contribution in [0.15, 0.2) is 54.7 Å². The number of methoxy groups -OCH3 is 2. The molecule has 0 saturated heterocycles. The van der Waals surface area contributed by atoms with Crippen molar-refractivity contribution in [3.05, 3.63) is 71.7 Å². The molecule has 0 saturated carbocycles. The molecule has 1 amide bonds. The van der Waals surface area contributed by atoms with E-state index in [9.17, 15) is 4.79 Å². The Balaban J connectivity index is 1.84. The lowest BCUT2D eigenvalue weighted by Crippen LogP contribution is -2.38. The van der Waals surface area contributed by atoms with E-state index in [-0.39, 0.29) is 18.5 Å². The van der Waals surface area contributed by atoms with Crippen LogP contribution in [-0.4, -0.2) is 53.0 Å². The first-order chi connectivity index (χ1) is 13.2. The van der Waals surface area contributed by atoms with Gasteiger partial charge in [-0.25, -0.2) is 0 Å². The van der Waals surface area contributed by atoms with Crippen molar-refractivity contribution in [2.45, 2.75) is 12.3 Å². The molecule has 1 aliphatic rings. The van der Waals surface area contributed by atoms with Crippen LogP contribution in [0.4, 0.5) is 0 Å². The predicted octanol–water partition coefficient (Wildman–Crippen LogP) is 2.64. The predicted molar refractivity (Wildman–Crippen MR) is 98.9 cm³/mol. The molecule has 0 fully saturated rings.